The number of thiocarbonyl (C=S) groups is 1. The number of aromatic nitrogens is 1. The van der Waals surface area contributed by atoms with E-state index in [1.807, 2.05) is 48.5 Å². The summed E-state index contributed by atoms with van der Waals surface area (Å²) < 4.78 is 87.0. The number of alkyl halides is 6. The van der Waals surface area contributed by atoms with E-state index in [0.29, 0.717) is 41.8 Å². The number of piperidine rings is 3. The first-order valence-electron chi connectivity index (χ1n) is 15.2. The molecule has 3 aliphatic heterocycles. The standard InChI is InChI=1S/C35H32F6N4OS/c1-2-22-19-45-13-11-23(22)14-31(45)32(46-20-21-6-4-3-5-7-21)28-10-12-42-30-9-8-26(18-29(28)30)43-33(47)44-27-16-24(34(36,37)38)15-25(17-27)35(39,40)41/h2-10,12,15-18,22-23,31-32H,1,11,13-14,19-20H2,(H2,43,44,47)/t22?,23?,31?,32-/m0/s1. The average molecular weight is 671 g/mol. The summed E-state index contributed by atoms with van der Waals surface area (Å²) in [4.78, 5) is 7.01. The van der Waals surface area contributed by atoms with Gasteiger partial charge in [-0.3, -0.25) is 9.88 Å². The van der Waals surface area contributed by atoms with Crippen molar-refractivity contribution in [2.75, 3.05) is 23.7 Å². The third-order valence-electron chi connectivity index (χ3n) is 8.96. The smallest absolute Gasteiger partial charge is 0.367 e. The zero-order valence-electron chi connectivity index (χ0n) is 25.1. The highest BCUT2D eigenvalue weighted by atomic mass is 32.1. The van der Waals surface area contributed by atoms with Crippen LogP contribution in [0.15, 0.2) is 91.6 Å². The number of anilines is 2. The Balaban J connectivity index is 1.29. The van der Waals surface area contributed by atoms with Crippen LogP contribution in [0.25, 0.3) is 10.9 Å². The van der Waals surface area contributed by atoms with E-state index in [4.69, 9.17) is 17.0 Å². The van der Waals surface area contributed by atoms with Gasteiger partial charge in [0.2, 0.25) is 0 Å². The summed E-state index contributed by atoms with van der Waals surface area (Å²) in [5.74, 6) is 0.935. The van der Waals surface area contributed by atoms with E-state index in [9.17, 15) is 26.3 Å². The van der Waals surface area contributed by atoms with E-state index >= 15 is 0 Å². The lowest BCUT2D eigenvalue weighted by molar-refractivity contribution is -0.143. The molecule has 0 amide bonds. The Labute approximate surface area is 273 Å². The van der Waals surface area contributed by atoms with Crippen LogP contribution in [0, 0.1) is 11.8 Å². The zero-order valence-corrected chi connectivity index (χ0v) is 25.9. The summed E-state index contributed by atoms with van der Waals surface area (Å²) in [5.41, 5.74) is -0.174. The SMILES string of the molecule is C=CC1CN2CCC1CC2[C@@H](OCc1ccccc1)c1ccnc2ccc(NC(=S)Nc3cc(C(F)(F)F)cc(C(F)(F)F)c3)cc12. The number of pyridine rings is 1. The number of ether oxygens (including phenoxy) is 1. The average Bonchev–Trinajstić information content (AvgIpc) is 3.04. The third kappa shape index (κ3) is 7.45. The molecule has 7 rings (SSSR count). The molecule has 3 aliphatic rings. The van der Waals surface area contributed by atoms with Crippen LogP contribution < -0.4 is 10.6 Å². The number of nitrogens with one attached hydrogen (secondary N) is 2. The molecule has 5 nitrogen and oxygen atoms in total. The highest BCUT2D eigenvalue weighted by Crippen LogP contribution is 2.44. The van der Waals surface area contributed by atoms with Crippen LogP contribution in [-0.4, -0.2) is 34.1 Å². The second kappa shape index (κ2) is 13.2. The number of halogens is 6. The number of nitrogens with zero attached hydrogens (tertiary/aromatic N) is 2. The molecule has 0 aliphatic carbocycles. The molecule has 47 heavy (non-hydrogen) atoms. The Hall–Kier alpha value is -4.00. The summed E-state index contributed by atoms with van der Waals surface area (Å²) in [5, 5.41) is 6.01. The molecule has 4 aromatic rings. The van der Waals surface area contributed by atoms with Gasteiger partial charge in [0, 0.05) is 35.5 Å². The van der Waals surface area contributed by atoms with Gasteiger partial charge in [-0.25, -0.2) is 0 Å². The van der Waals surface area contributed by atoms with Gasteiger partial charge in [0.15, 0.2) is 5.11 Å². The van der Waals surface area contributed by atoms with Crippen molar-refractivity contribution in [3.63, 3.8) is 0 Å². The van der Waals surface area contributed by atoms with Crippen molar-refractivity contribution in [2.24, 2.45) is 11.8 Å². The van der Waals surface area contributed by atoms with Gasteiger partial charge in [-0.2, -0.15) is 26.3 Å². The van der Waals surface area contributed by atoms with Crippen molar-refractivity contribution >= 4 is 39.6 Å². The minimum Gasteiger partial charge on any atom is -0.367 e. The molecule has 4 unspecified atom stereocenters. The van der Waals surface area contributed by atoms with Gasteiger partial charge in [0.05, 0.1) is 29.4 Å². The fraction of sp³-hybridized carbons (Fsp3) is 0.314. The van der Waals surface area contributed by atoms with E-state index in [1.54, 1.807) is 18.3 Å². The summed E-state index contributed by atoms with van der Waals surface area (Å²) in [6, 6.07) is 18.5. The van der Waals surface area contributed by atoms with Crippen LogP contribution in [0.4, 0.5) is 37.7 Å². The number of benzene rings is 3. The third-order valence-corrected chi connectivity index (χ3v) is 9.17. The molecule has 1 aromatic heterocycles. The molecule has 2 bridgehead atoms. The van der Waals surface area contributed by atoms with Gasteiger partial charge in [-0.1, -0.05) is 36.4 Å². The van der Waals surface area contributed by atoms with Gasteiger partial charge in [-0.15, -0.1) is 6.58 Å². The van der Waals surface area contributed by atoms with Crippen molar-refractivity contribution in [1.82, 2.24) is 9.88 Å². The van der Waals surface area contributed by atoms with Crippen LogP contribution in [0.2, 0.25) is 0 Å². The quantitative estimate of drug-likeness (QED) is 0.111. The summed E-state index contributed by atoms with van der Waals surface area (Å²) >= 11 is 5.32. The Morgan fingerprint density at radius 1 is 0.957 bits per heavy atom. The lowest BCUT2D eigenvalue weighted by atomic mass is 9.73. The Morgan fingerprint density at radius 3 is 2.30 bits per heavy atom. The fourth-order valence-corrected chi connectivity index (χ4v) is 6.91. The maximum Gasteiger partial charge on any atom is 0.416 e. The lowest BCUT2D eigenvalue weighted by Crippen LogP contribution is -2.55. The molecular weight excluding hydrogens is 638 g/mol. The number of rotatable bonds is 8. The predicted octanol–water partition coefficient (Wildman–Crippen LogP) is 9.24. The fourth-order valence-electron chi connectivity index (χ4n) is 6.67. The van der Waals surface area contributed by atoms with Gasteiger partial charge in [0.25, 0.3) is 0 Å². The maximum absolute atomic E-state index is 13.4. The molecule has 246 valence electrons. The number of fused-ring (bicyclic) bond motifs is 4. The molecule has 4 heterocycles. The van der Waals surface area contributed by atoms with Gasteiger partial charge in [-0.05, 0) is 97.0 Å². The van der Waals surface area contributed by atoms with Crippen LogP contribution in [0.1, 0.15) is 41.2 Å². The predicted molar refractivity (Wildman–Crippen MR) is 174 cm³/mol. The highest BCUT2D eigenvalue weighted by Gasteiger charge is 2.43. The Kier molecular flexibility index (Phi) is 9.28. The van der Waals surface area contributed by atoms with Gasteiger partial charge in [0.1, 0.15) is 0 Å². The van der Waals surface area contributed by atoms with E-state index in [2.05, 4.69) is 27.1 Å². The first-order valence-corrected chi connectivity index (χ1v) is 15.6. The lowest BCUT2D eigenvalue weighted by Gasteiger charge is -2.51. The first kappa shape index (κ1) is 32.9. The normalized spacial score (nSPS) is 21.7. The largest absolute Gasteiger partial charge is 0.416 e. The van der Waals surface area contributed by atoms with Crippen molar-refractivity contribution in [3.05, 3.63) is 114 Å². The van der Waals surface area contributed by atoms with Crippen LogP contribution in [0.5, 0.6) is 0 Å². The first-order chi connectivity index (χ1) is 22.4. The van der Waals surface area contributed by atoms with E-state index < -0.39 is 29.2 Å². The van der Waals surface area contributed by atoms with E-state index in [1.165, 1.54) is 0 Å². The summed E-state index contributed by atoms with van der Waals surface area (Å²) in [6.45, 7) is 6.32. The molecule has 0 saturated carbocycles. The Morgan fingerprint density at radius 2 is 1.66 bits per heavy atom. The molecule has 3 saturated heterocycles. The van der Waals surface area contributed by atoms with Crippen molar-refractivity contribution in [2.45, 2.75) is 43.9 Å². The molecule has 12 heteroatoms. The molecule has 3 aromatic carbocycles. The second-order valence-corrected chi connectivity index (χ2v) is 12.4. The minimum atomic E-state index is -4.98. The highest BCUT2D eigenvalue weighted by molar-refractivity contribution is 7.80. The van der Waals surface area contributed by atoms with Crippen LogP contribution in [-0.2, 0) is 23.7 Å². The minimum absolute atomic E-state index is 0.0715. The number of hydrogen-bond acceptors (Lipinski definition) is 4. The molecule has 3 fully saturated rings. The van der Waals surface area contributed by atoms with Crippen molar-refractivity contribution in [3.8, 4) is 0 Å². The van der Waals surface area contributed by atoms with Gasteiger partial charge < -0.3 is 15.4 Å². The van der Waals surface area contributed by atoms with E-state index in [0.717, 1.165) is 42.4 Å². The second-order valence-electron chi connectivity index (χ2n) is 12.0. The van der Waals surface area contributed by atoms with Crippen molar-refractivity contribution in [1.29, 1.82) is 0 Å². The van der Waals surface area contributed by atoms with E-state index in [-0.39, 0.29) is 23.3 Å². The summed E-state index contributed by atoms with van der Waals surface area (Å²) in [6.07, 6.45) is -4.42. The molecule has 5 atom stereocenters. The van der Waals surface area contributed by atoms with Crippen molar-refractivity contribution < 1.29 is 31.1 Å². The molecule has 2 N–H and O–H groups in total. The van der Waals surface area contributed by atoms with Gasteiger partial charge >= 0.3 is 12.4 Å². The molecule has 0 spiro atoms. The maximum atomic E-state index is 13.4. The Bertz CT molecular complexity index is 1730. The van der Waals surface area contributed by atoms with Crippen LogP contribution >= 0.6 is 12.2 Å². The molecular formula is C35H32F6N4OS. The molecule has 0 radical (unpaired) electrons. The van der Waals surface area contributed by atoms with Crippen LogP contribution in [0.3, 0.4) is 0 Å². The monoisotopic (exact) mass is 670 g/mol. The number of hydrogen-bond donors (Lipinski definition) is 2. The zero-order chi connectivity index (χ0) is 33.3. The topological polar surface area (TPSA) is 49.4 Å². The summed E-state index contributed by atoms with van der Waals surface area (Å²) in [7, 11) is 0.